The van der Waals surface area contributed by atoms with E-state index in [2.05, 4.69) is 23.2 Å². The molecule has 20 heavy (non-hydrogen) atoms. The highest BCUT2D eigenvalue weighted by Gasteiger charge is 2.88. The molecule has 2 unspecified atom stereocenters. The largest absolute Gasteiger partial charge is 0.458 e. The standard InChI is InChI=1S/C6Cl2F12/c7-1(9,3(11,12)5(15,16)17)2(8,10)4(13,14)6(18,19)20. The molecule has 0 saturated carbocycles. The van der Waals surface area contributed by atoms with Crippen LogP contribution in [0, 0.1) is 0 Å². The van der Waals surface area contributed by atoms with E-state index in [0.29, 0.717) is 0 Å². The third-order valence-electron chi connectivity index (χ3n) is 1.90. The molecule has 14 heteroatoms. The van der Waals surface area contributed by atoms with Crippen LogP contribution >= 0.6 is 23.2 Å². The summed E-state index contributed by atoms with van der Waals surface area (Å²) in [5, 5.41) is -13.3. The Kier molecular flexibility index (Phi) is 4.56. The van der Waals surface area contributed by atoms with Gasteiger partial charge in [-0.1, -0.05) is 23.2 Å². The maximum Gasteiger partial charge on any atom is 0.458 e. The van der Waals surface area contributed by atoms with Crippen molar-refractivity contribution in [3.05, 3.63) is 0 Å². The Balaban J connectivity index is 6.08. The Hall–Kier alpha value is -0.260. The number of rotatable bonds is 3. The van der Waals surface area contributed by atoms with Gasteiger partial charge in [-0.2, -0.15) is 43.9 Å². The Morgan fingerprint density at radius 3 is 0.650 bits per heavy atom. The molecule has 0 rings (SSSR count). The molecule has 0 aromatic heterocycles. The van der Waals surface area contributed by atoms with Crippen LogP contribution in [-0.4, -0.2) is 34.5 Å². The topological polar surface area (TPSA) is 0 Å². The van der Waals surface area contributed by atoms with E-state index in [1.165, 1.54) is 0 Å². The zero-order valence-electron chi connectivity index (χ0n) is 8.29. The predicted molar refractivity (Wildman–Crippen MR) is 41.4 cm³/mol. The van der Waals surface area contributed by atoms with Gasteiger partial charge in [0.05, 0.1) is 0 Å². The van der Waals surface area contributed by atoms with E-state index >= 15 is 0 Å². The van der Waals surface area contributed by atoms with E-state index in [1.54, 1.807) is 0 Å². The van der Waals surface area contributed by atoms with Crippen LogP contribution in [0.1, 0.15) is 0 Å². The summed E-state index contributed by atoms with van der Waals surface area (Å²) in [6.45, 7) is 0. The third-order valence-corrected chi connectivity index (χ3v) is 2.99. The lowest BCUT2D eigenvalue weighted by atomic mass is 10.0. The first-order valence-electron chi connectivity index (χ1n) is 3.90. The van der Waals surface area contributed by atoms with Crippen LogP contribution in [0.15, 0.2) is 0 Å². The van der Waals surface area contributed by atoms with Gasteiger partial charge in [0, 0.05) is 0 Å². The molecule has 0 nitrogen and oxygen atoms in total. The van der Waals surface area contributed by atoms with E-state index in [-0.39, 0.29) is 0 Å². The summed E-state index contributed by atoms with van der Waals surface area (Å²) in [6.07, 6.45) is -14.2. The zero-order valence-corrected chi connectivity index (χ0v) is 9.80. The van der Waals surface area contributed by atoms with Crippen LogP contribution in [0.2, 0.25) is 0 Å². The van der Waals surface area contributed by atoms with Gasteiger partial charge in [-0.05, 0) is 0 Å². The molecule has 0 radical (unpaired) electrons. The second-order valence-corrected chi connectivity index (χ2v) is 4.33. The SMILES string of the molecule is FC(F)(F)C(F)(F)C(F)(Cl)C(F)(Cl)C(F)(F)C(F)(F)F. The molecule has 0 aliphatic carbocycles. The van der Waals surface area contributed by atoms with Gasteiger partial charge in [0.25, 0.3) is 0 Å². The van der Waals surface area contributed by atoms with Crippen LogP contribution < -0.4 is 0 Å². The van der Waals surface area contributed by atoms with Gasteiger partial charge in [-0.3, -0.25) is 0 Å². The van der Waals surface area contributed by atoms with Gasteiger partial charge in [0.15, 0.2) is 0 Å². The van der Waals surface area contributed by atoms with Crippen LogP contribution in [-0.2, 0) is 0 Å². The molecule has 0 N–H and O–H groups in total. The van der Waals surface area contributed by atoms with Crippen LogP contribution in [0.3, 0.4) is 0 Å². The first kappa shape index (κ1) is 19.7. The fourth-order valence-corrected chi connectivity index (χ4v) is 1.20. The van der Waals surface area contributed by atoms with Gasteiger partial charge < -0.3 is 0 Å². The van der Waals surface area contributed by atoms with Crippen molar-refractivity contribution >= 4 is 23.2 Å². The van der Waals surface area contributed by atoms with Gasteiger partial charge in [0.1, 0.15) is 0 Å². The summed E-state index contributed by atoms with van der Waals surface area (Å²) in [5.41, 5.74) is 0. The molecule has 0 heterocycles. The molecule has 122 valence electrons. The molecular weight excluding hydrogens is 371 g/mol. The van der Waals surface area contributed by atoms with Crippen molar-refractivity contribution in [2.45, 2.75) is 34.5 Å². The fraction of sp³-hybridized carbons (Fsp3) is 1.00. The Bertz CT molecular complexity index is 327. The second kappa shape index (κ2) is 4.62. The summed E-state index contributed by atoms with van der Waals surface area (Å²) in [7, 11) is 0. The number of hydrogen-bond acceptors (Lipinski definition) is 0. The fourth-order valence-electron chi connectivity index (χ4n) is 0.750. The highest BCUT2D eigenvalue weighted by molar-refractivity contribution is 6.34. The quantitative estimate of drug-likeness (QED) is 0.473. The zero-order chi connectivity index (χ0) is 17.0. The Morgan fingerprint density at radius 1 is 0.400 bits per heavy atom. The average Bonchev–Trinajstić information content (AvgIpc) is 2.12. The lowest BCUT2D eigenvalue weighted by molar-refractivity contribution is -0.364. The monoisotopic (exact) mass is 370 g/mol. The van der Waals surface area contributed by atoms with Crippen molar-refractivity contribution in [3.8, 4) is 0 Å². The van der Waals surface area contributed by atoms with E-state index in [0.717, 1.165) is 0 Å². The van der Waals surface area contributed by atoms with Crippen molar-refractivity contribution < 1.29 is 52.7 Å². The lowest BCUT2D eigenvalue weighted by Gasteiger charge is -2.40. The summed E-state index contributed by atoms with van der Waals surface area (Å²) in [6, 6.07) is 0. The normalized spacial score (nSPS) is 21.3. The molecule has 0 saturated heterocycles. The molecule has 0 bridgehead atoms. The third kappa shape index (κ3) is 2.48. The molecule has 0 aliphatic heterocycles. The number of halogens is 14. The lowest BCUT2D eigenvalue weighted by Crippen LogP contribution is -2.68. The first-order valence-corrected chi connectivity index (χ1v) is 4.65. The van der Waals surface area contributed by atoms with Gasteiger partial charge >= 0.3 is 34.5 Å². The summed E-state index contributed by atoms with van der Waals surface area (Å²) in [4.78, 5) is 0. The van der Waals surface area contributed by atoms with Crippen molar-refractivity contribution in [3.63, 3.8) is 0 Å². The minimum Gasteiger partial charge on any atom is -0.214 e. The molecule has 0 aromatic carbocycles. The second-order valence-electron chi connectivity index (χ2n) is 3.29. The Labute approximate surface area is 111 Å². The van der Waals surface area contributed by atoms with Crippen LogP contribution in [0.4, 0.5) is 52.7 Å². The molecule has 2 atom stereocenters. The average molecular weight is 371 g/mol. The minimum atomic E-state index is -7.15. The van der Waals surface area contributed by atoms with Gasteiger partial charge in [-0.15, -0.1) is 0 Å². The van der Waals surface area contributed by atoms with Crippen molar-refractivity contribution in [2.75, 3.05) is 0 Å². The molecule has 0 amide bonds. The summed E-state index contributed by atoms with van der Waals surface area (Å²) in [5.74, 6) is -14.3. The summed E-state index contributed by atoms with van der Waals surface area (Å²) >= 11 is 7.34. The number of alkyl halides is 14. The van der Waals surface area contributed by atoms with Gasteiger partial charge in [-0.25, -0.2) is 8.78 Å². The highest BCUT2D eigenvalue weighted by Crippen LogP contribution is 2.62. The molecule has 0 aromatic rings. The van der Waals surface area contributed by atoms with Crippen molar-refractivity contribution in [1.29, 1.82) is 0 Å². The first-order chi connectivity index (χ1) is 8.25. The number of hydrogen-bond donors (Lipinski definition) is 0. The predicted octanol–water partition coefficient (Wildman–Crippen LogP) is 5.19. The highest BCUT2D eigenvalue weighted by atomic mass is 35.5. The van der Waals surface area contributed by atoms with E-state index in [1.807, 2.05) is 0 Å². The van der Waals surface area contributed by atoms with Crippen molar-refractivity contribution in [1.82, 2.24) is 0 Å². The van der Waals surface area contributed by atoms with E-state index in [4.69, 9.17) is 0 Å². The maximum atomic E-state index is 13.0. The Morgan fingerprint density at radius 2 is 0.550 bits per heavy atom. The van der Waals surface area contributed by atoms with Gasteiger partial charge in [0.2, 0.25) is 0 Å². The summed E-state index contributed by atoms with van der Waals surface area (Å²) < 4.78 is 146. The molecule has 0 aliphatic rings. The minimum absolute atomic E-state index is 3.67. The maximum absolute atomic E-state index is 13.0. The van der Waals surface area contributed by atoms with Crippen LogP contribution in [0.25, 0.3) is 0 Å². The van der Waals surface area contributed by atoms with Crippen LogP contribution in [0.5, 0.6) is 0 Å². The molecule has 0 spiro atoms. The van der Waals surface area contributed by atoms with E-state index in [9.17, 15) is 52.7 Å². The molecular formula is C6Cl2F12. The van der Waals surface area contributed by atoms with E-state index < -0.39 is 34.5 Å². The molecule has 0 fully saturated rings. The van der Waals surface area contributed by atoms with Crippen molar-refractivity contribution in [2.24, 2.45) is 0 Å². The smallest absolute Gasteiger partial charge is 0.214 e.